The SMILES string of the molecule is O=P(OCOCc1ccccc1)(c1ccccc1)c1ccccc1. The molecular formula is C20H19O3P. The predicted molar refractivity (Wildman–Crippen MR) is 96.9 cm³/mol. The zero-order chi connectivity index (χ0) is 16.7. The first-order valence-electron chi connectivity index (χ1n) is 7.76. The van der Waals surface area contributed by atoms with E-state index in [9.17, 15) is 4.57 Å². The fourth-order valence-corrected chi connectivity index (χ4v) is 4.34. The first-order chi connectivity index (χ1) is 11.8. The molecule has 0 atom stereocenters. The number of benzene rings is 3. The second-order valence-corrected chi connectivity index (χ2v) is 7.70. The zero-order valence-corrected chi connectivity index (χ0v) is 14.1. The number of rotatable bonds is 7. The van der Waals surface area contributed by atoms with E-state index < -0.39 is 7.37 Å². The van der Waals surface area contributed by atoms with Crippen molar-refractivity contribution in [1.82, 2.24) is 0 Å². The summed E-state index contributed by atoms with van der Waals surface area (Å²) in [5.74, 6) is 0. The summed E-state index contributed by atoms with van der Waals surface area (Å²) in [6, 6.07) is 28.4. The van der Waals surface area contributed by atoms with Crippen LogP contribution in [0, 0.1) is 0 Å². The molecule has 3 aromatic carbocycles. The largest absolute Gasteiger partial charge is 0.350 e. The molecule has 0 amide bonds. The van der Waals surface area contributed by atoms with Gasteiger partial charge in [-0.25, -0.2) is 0 Å². The molecule has 0 aliphatic carbocycles. The van der Waals surface area contributed by atoms with Crippen molar-refractivity contribution in [2.24, 2.45) is 0 Å². The Bertz CT molecular complexity index is 745. The lowest BCUT2D eigenvalue weighted by atomic mass is 10.2. The van der Waals surface area contributed by atoms with Crippen LogP contribution in [0.2, 0.25) is 0 Å². The van der Waals surface area contributed by atoms with Crippen molar-refractivity contribution in [3.8, 4) is 0 Å². The summed E-state index contributed by atoms with van der Waals surface area (Å²) in [6.07, 6.45) is 0. The normalized spacial score (nSPS) is 11.3. The molecule has 0 fully saturated rings. The molecule has 0 unspecified atom stereocenters. The Morgan fingerprint density at radius 3 is 1.62 bits per heavy atom. The van der Waals surface area contributed by atoms with Crippen LogP contribution in [-0.4, -0.2) is 6.79 Å². The van der Waals surface area contributed by atoms with E-state index in [0.29, 0.717) is 17.2 Å². The molecule has 3 aromatic rings. The fraction of sp³-hybridized carbons (Fsp3) is 0.100. The average molecular weight is 338 g/mol. The Balaban J connectivity index is 1.73. The number of ether oxygens (including phenoxy) is 1. The second kappa shape index (κ2) is 8.07. The molecule has 24 heavy (non-hydrogen) atoms. The summed E-state index contributed by atoms with van der Waals surface area (Å²) in [4.78, 5) is 0. The van der Waals surface area contributed by atoms with Gasteiger partial charge < -0.3 is 4.74 Å². The molecule has 0 radical (unpaired) electrons. The van der Waals surface area contributed by atoms with Crippen LogP contribution >= 0.6 is 7.37 Å². The van der Waals surface area contributed by atoms with Gasteiger partial charge in [-0.3, -0.25) is 9.09 Å². The molecule has 0 bridgehead atoms. The van der Waals surface area contributed by atoms with Gasteiger partial charge in [0.25, 0.3) is 7.37 Å². The van der Waals surface area contributed by atoms with Gasteiger partial charge >= 0.3 is 0 Å². The van der Waals surface area contributed by atoms with E-state index in [4.69, 9.17) is 9.26 Å². The highest BCUT2D eigenvalue weighted by Gasteiger charge is 2.28. The molecule has 4 heteroatoms. The maximum atomic E-state index is 13.5. The molecule has 3 rings (SSSR count). The van der Waals surface area contributed by atoms with Crippen LogP contribution in [0.15, 0.2) is 91.0 Å². The van der Waals surface area contributed by atoms with Crippen molar-refractivity contribution in [3.05, 3.63) is 96.6 Å². The molecule has 122 valence electrons. The first kappa shape index (κ1) is 16.7. The Kier molecular flexibility index (Phi) is 5.60. The quantitative estimate of drug-likeness (QED) is 0.369. The average Bonchev–Trinajstić information content (AvgIpc) is 2.67. The maximum absolute atomic E-state index is 13.5. The third-order valence-corrected chi connectivity index (χ3v) is 6.05. The molecule has 3 nitrogen and oxygen atoms in total. The highest BCUT2D eigenvalue weighted by Crippen LogP contribution is 2.44. The summed E-state index contributed by atoms with van der Waals surface area (Å²) >= 11 is 0. The van der Waals surface area contributed by atoms with Crippen LogP contribution in [-0.2, 0) is 20.4 Å². The summed E-state index contributed by atoms with van der Waals surface area (Å²) in [6.45, 7) is 0.389. The van der Waals surface area contributed by atoms with E-state index in [1.54, 1.807) is 0 Å². The molecule has 0 spiro atoms. The monoisotopic (exact) mass is 338 g/mol. The fourth-order valence-electron chi connectivity index (χ4n) is 2.39. The lowest BCUT2D eigenvalue weighted by Crippen LogP contribution is -2.19. The van der Waals surface area contributed by atoms with Crippen LogP contribution in [0.4, 0.5) is 0 Å². The van der Waals surface area contributed by atoms with Gasteiger partial charge in [0.05, 0.1) is 6.61 Å². The Labute approximate surface area is 142 Å². The Morgan fingerprint density at radius 2 is 1.12 bits per heavy atom. The number of hydrogen-bond acceptors (Lipinski definition) is 3. The van der Waals surface area contributed by atoms with E-state index in [1.165, 1.54) is 0 Å². The van der Waals surface area contributed by atoms with Gasteiger partial charge in [0.1, 0.15) is 0 Å². The molecule has 0 saturated carbocycles. The molecule has 0 aromatic heterocycles. The van der Waals surface area contributed by atoms with Crippen molar-refractivity contribution < 1.29 is 13.8 Å². The Hall–Kier alpha value is -2.19. The van der Waals surface area contributed by atoms with Crippen LogP contribution < -0.4 is 10.6 Å². The van der Waals surface area contributed by atoms with Crippen LogP contribution in [0.3, 0.4) is 0 Å². The van der Waals surface area contributed by atoms with Gasteiger partial charge in [-0.05, 0) is 29.8 Å². The van der Waals surface area contributed by atoms with E-state index in [2.05, 4.69) is 0 Å². The van der Waals surface area contributed by atoms with E-state index >= 15 is 0 Å². The zero-order valence-electron chi connectivity index (χ0n) is 13.2. The van der Waals surface area contributed by atoms with Crippen LogP contribution in [0.25, 0.3) is 0 Å². The standard InChI is InChI=1S/C20H19O3P/c21-24(19-12-6-2-7-13-19,20-14-8-3-9-15-20)23-17-22-16-18-10-4-1-5-11-18/h1-15H,16-17H2. The van der Waals surface area contributed by atoms with E-state index in [1.807, 2.05) is 91.0 Å². The molecule has 0 aliphatic heterocycles. The third kappa shape index (κ3) is 4.01. The van der Waals surface area contributed by atoms with Gasteiger partial charge in [-0.2, -0.15) is 0 Å². The lowest BCUT2D eigenvalue weighted by Gasteiger charge is -2.19. The van der Waals surface area contributed by atoms with Crippen molar-refractivity contribution >= 4 is 18.0 Å². The smallest absolute Gasteiger partial charge is 0.263 e. The molecular weight excluding hydrogens is 319 g/mol. The highest BCUT2D eigenvalue weighted by molar-refractivity contribution is 7.74. The minimum absolute atomic E-state index is 0.0318. The lowest BCUT2D eigenvalue weighted by molar-refractivity contribution is 0.00904. The highest BCUT2D eigenvalue weighted by atomic mass is 31.2. The molecule has 0 heterocycles. The van der Waals surface area contributed by atoms with E-state index in [0.717, 1.165) is 5.56 Å². The van der Waals surface area contributed by atoms with Crippen LogP contribution in [0.5, 0.6) is 0 Å². The van der Waals surface area contributed by atoms with Gasteiger partial charge in [0, 0.05) is 10.6 Å². The van der Waals surface area contributed by atoms with Crippen LogP contribution in [0.1, 0.15) is 5.56 Å². The summed E-state index contributed by atoms with van der Waals surface area (Å²) in [7, 11) is -3.17. The summed E-state index contributed by atoms with van der Waals surface area (Å²) in [5, 5.41) is 1.33. The summed E-state index contributed by atoms with van der Waals surface area (Å²) in [5.41, 5.74) is 1.05. The molecule has 0 saturated heterocycles. The van der Waals surface area contributed by atoms with Gasteiger partial charge in [0.2, 0.25) is 0 Å². The van der Waals surface area contributed by atoms with Gasteiger partial charge in [-0.15, -0.1) is 0 Å². The minimum atomic E-state index is -3.17. The van der Waals surface area contributed by atoms with Crippen molar-refractivity contribution in [3.63, 3.8) is 0 Å². The topological polar surface area (TPSA) is 35.5 Å². The summed E-state index contributed by atoms with van der Waals surface area (Å²) < 4.78 is 24.8. The molecule has 0 N–H and O–H groups in total. The van der Waals surface area contributed by atoms with Crippen molar-refractivity contribution in [1.29, 1.82) is 0 Å². The van der Waals surface area contributed by atoms with Gasteiger partial charge in [-0.1, -0.05) is 66.7 Å². The van der Waals surface area contributed by atoms with Crippen molar-refractivity contribution in [2.75, 3.05) is 6.79 Å². The first-order valence-corrected chi connectivity index (χ1v) is 9.39. The predicted octanol–water partition coefficient (Wildman–Crippen LogP) is 4.11. The minimum Gasteiger partial charge on any atom is -0.350 e. The van der Waals surface area contributed by atoms with E-state index in [-0.39, 0.29) is 6.79 Å². The Morgan fingerprint density at radius 1 is 0.667 bits per heavy atom. The van der Waals surface area contributed by atoms with Gasteiger partial charge in [0.15, 0.2) is 6.79 Å². The van der Waals surface area contributed by atoms with Crippen molar-refractivity contribution in [2.45, 2.75) is 6.61 Å². The molecule has 0 aliphatic rings. The number of hydrogen-bond donors (Lipinski definition) is 0. The maximum Gasteiger partial charge on any atom is 0.263 e. The third-order valence-electron chi connectivity index (χ3n) is 3.62. The second-order valence-electron chi connectivity index (χ2n) is 5.30.